The Kier molecular flexibility index (Phi) is 3.53. The summed E-state index contributed by atoms with van der Waals surface area (Å²) in [7, 11) is 0. The maximum Gasteiger partial charge on any atom is 0.214 e. The van der Waals surface area contributed by atoms with E-state index in [1.54, 1.807) is 4.52 Å². The highest BCUT2D eigenvalue weighted by Gasteiger charge is 2.06. The maximum atomic E-state index is 8.69. The average Bonchev–Trinajstić information content (AvgIpc) is 2.94. The molecule has 0 amide bonds. The molecule has 0 aliphatic carbocycles. The summed E-state index contributed by atoms with van der Waals surface area (Å²) in [6.07, 6.45) is 1.89. The largest absolute Gasteiger partial charge is 0.491 e. The molecule has 2 N–H and O–H groups in total. The van der Waals surface area contributed by atoms with Crippen molar-refractivity contribution >= 4 is 27.1 Å². The molecule has 3 rings (SSSR count). The van der Waals surface area contributed by atoms with Crippen LogP contribution in [0.5, 0.6) is 5.75 Å². The minimum Gasteiger partial charge on any atom is -0.491 e. The van der Waals surface area contributed by atoms with Crippen molar-refractivity contribution in [2.45, 2.75) is 6.92 Å². The number of imidazole rings is 1. The fourth-order valence-corrected chi connectivity index (χ4v) is 2.63. The molecule has 0 atom stereocenters. The number of hydrogen-bond donors (Lipinski definition) is 2. The lowest BCUT2D eigenvalue weighted by atomic mass is 10.3. The van der Waals surface area contributed by atoms with E-state index in [0.29, 0.717) is 6.61 Å². The first-order chi connectivity index (χ1) is 9.74. The summed E-state index contributed by atoms with van der Waals surface area (Å²) in [5, 5.41) is 17.1. The molecule has 1 aromatic carbocycles. The van der Waals surface area contributed by atoms with Gasteiger partial charge in [-0.25, -0.2) is 9.50 Å². The summed E-state index contributed by atoms with van der Waals surface area (Å²) < 4.78 is 7.07. The minimum absolute atomic E-state index is 0.0122. The number of nitrogens with zero attached hydrogens (tertiary/aromatic N) is 3. The normalized spacial score (nSPS) is 10.9. The fraction of sp³-hybridized carbons (Fsp3) is 0.231. The lowest BCUT2D eigenvalue weighted by molar-refractivity contribution is 0.201. The molecule has 2 heterocycles. The molecule has 104 valence electrons. The molecule has 0 unspecified atom stereocenters. The van der Waals surface area contributed by atoms with Gasteiger partial charge in [-0.15, -0.1) is 5.10 Å². The lowest BCUT2D eigenvalue weighted by Crippen LogP contribution is -2.01. The molecule has 0 fully saturated rings. The summed E-state index contributed by atoms with van der Waals surface area (Å²) in [4.78, 5) is 5.23. The van der Waals surface area contributed by atoms with Crippen molar-refractivity contribution in [1.82, 2.24) is 14.6 Å². The molecule has 20 heavy (non-hydrogen) atoms. The summed E-state index contributed by atoms with van der Waals surface area (Å²) >= 11 is 1.50. The molecular weight excluding hydrogens is 276 g/mol. The van der Waals surface area contributed by atoms with E-state index in [-0.39, 0.29) is 6.61 Å². The number of fused-ring (bicyclic) bond motifs is 1. The van der Waals surface area contributed by atoms with Crippen LogP contribution >= 0.6 is 11.3 Å². The zero-order valence-corrected chi connectivity index (χ0v) is 11.7. The lowest BCUT2D eigenvalue weighted by Gasteiger charge is -2.05. The quantitative estimate of drug-likeness (QED) is 0.754. The van der Waals surface area contributed by atoms with E-state index in [0.717, 1.165) is 27.2 Å². The highest BCUT2D eigenvalue weighted by Crippen LogP contribution is 2.24. The van der Waals surface area contributed by atoms with Gasteiger partial charge in [-0.2, -0.15) is 0 Å². The first-order valence-corrected chi connectivity index (χ1v) is 7.00. The first kappa shape index (κ1) is 12.9. The van der Waals surface area contributed by atoms with E-state index in [1.807, 2.05) is 37.4 Å². The summed E-state index contributed by atoms with van der Waals surface area (Å²) in [6.45, 7) is 2.26. The third-order valence-electron chi connectivity index (χ3n) is 2.63. The van der Waals surface area contributed by atoms with Gasteiger partial charge in [-0.3, -0.25) is 0 Å². The molecule has 7 heteroatoms. The SMILES string of the molecule is Cc1cn2nc(Nc3ccc(OCCO)cc3)sc2n1. The van der Waals surface area contributed by atoms with Crippen LogP contribution in [0.25, 0.3) is 4.96 Å². The van der Waals surface area contributed by atoms with Crippen molar-refractivity contribution in [2.75, 3.05) is 18.5 Å². The van der Waals surface area contributed by atoms with Crippen molar-refractivity contribution in [3.8, 4) is 5.75 Å². The molecule has 0 saturated heterocycles. The third-order valence-corrected chi connectivity index (χ3v) is 3.47. The molecule has 0 aliphatic heterocycles. The zero-order valence-electron chi connectivity index (χ0n) is 10.9. The van der Waals surface area contributed by atoms with E-state index in [4.69, 9.17) is 9.84 Å². The van der Waals surface area contributed by atoms with Gasteiger partial charge in [0.15, 0.2) is 0 Å². The monoisotopic (exact) mass is 290 g/mol. The average molecular weight is 290 g/mol. The Labute approximate surface area is 119 Å². The van der Waals surface area contributed by atoms with Crippen LogP contribution in [0.4, 0.5) is 10.8 Å². The smallest absolute Gasteiger partial charge is 0.214 e. The number of aryl methyl sites for hydroxylation is 1. The van der Waals surface area contributed by atoms with Crippen molar-refractivity contribution in [1.29, 1.82) is 0 Å². The van der Waals surface area contributed by atoms with Crippen LogP contribution in [0.2, 0.25) is 0 Å². The van der Waals surface area contributed by atoms with Gasteiger partial charge in [0.05, 0.1) is 18.5 Å². The van der Waals surface area contributed by atoms with E-state index >= 15 is 0 Å². The predicted octanol–water partition coefficient (Wildman–Crippen LogP) is 2.21. The Hall–Kier alpha value is -2.12. The maximum absolute atomic E-state index is 8.69. The van der Waals surface area contributed by atoms with Crippen LogP contribution in [0, 0.1) is 6.92 Å². The first-order valence-electron chi connectivity index (χ1n) is 6.18. The number of aliphatic hydroxyl groups is 1. The van der Waals surface area contributed by atoms with Crippen LogP contribution in [-0.4, -0.2) is 32.9 Å². The number of nitrogens with one attached hydrogen (secondary N) is 1. The Morgan fingerprint density at radius 3 is 2.85 bits per heavy atom. The molecule has 6 nitrogen and oxygen atoms in total. The van der Waals surface area contributed by atoms with Crippen LogP contribution in [0.15, 0.2) is 30.5 Å². The summed E-state index contributed by atoms with van der Waals surface area (Å²) in [5.74, 6) is 0.731. The number of aromatic nitrogens is 3. The van der Waals surface area contributed by atoms with E-state index in [2.05, 4.69) is 15.4 Å². The van der Waals surface area contributed by atoms with Crippen molar-refractivity contribution < 1.29 is 9.84 Å². The molecule has 0 radical (unpaired) electrons. The van der Waals surface area contributed by atoms with Gasteiger partial charge < -0.3 is 15.2 Å². The summed E-state index contributed by atoms with van der Waals surface area (Å²) in [6, 6.07) is 7.51. The number of anilines is 2. The van der Waals surface area contributed by atoms with Gasteiger partial charge in [0.25, 0.3) is 0 Å². The zero-order chi connectivity index (χ0) is 13.9. The number of rotatable bonds is 5. The second-order valence-electron chi connectivity index (χ2n) is 4.24. The van der Waals surface area contributed by atoms with Gasteiger partial charge in [0.2, 0.25) is 10.1 Å². The van der Waals surface area contributed by atoms with Gasteiger partial charge in [0.1, 0.15) is 12.4 Å². The molecule has 0 spiro atoms. The molecule has 2 aromatic heterocycles. The van der Waals surface area contributed by atoms with E-state index in [9.17, 15) is 0 Å². The Morgan fingerprint density at radius 2 is 2.15 bits per heavy atom. The van der Waals surface area contributed by atoms with Gasteiger partial charge in [-0.1, -0.05) is 11.3 Å². The van der Waals surface area contributed by atoms with Crippen molar-refractivity contribution in [3.63, 3.8) is 0 Å². The van der Waals surface area contributed by atoms with Gasteiger partial charge >= 0.3 is 0 Å². The number of aliphatic hydroxyl groups excluding tert-OH is 1. The molecule has 3 aromatic rings. The van der Waals surface area contributed by atoms with E-state index < -0.39 is 0 Å². The van der Waals surface area contributed by atoms with Crippen LogP contribution in [-0.2, 0) is 0 Å². The summed E-state index contributed by atoms with van der Waals surface area (Å²) in [5.41, 5.74) is 1.88. The van der Waals surface area contributed by atoms with Crippen LogP contribution < -0.4 is 10.1 Å². The predicted molar refractivity (Wildman–Crippen MR) is 77.9 cm³/mol. The Morgan fingerprint density at radius 1 is 1.35 bits per heavy atom. The molecular formula is C13H14N4O2S. The number of hydrogen-bond acceptors (Lipinski definition) is 6. The Bertz CT molecular complexity index is 673. The second kappa shape index (κ2) is 5.48. The van der Waals surface area contributed by atoms with Crippen LogP contribution in [0.1, 0.15) is 5.69 Å². The van der Waals surface area contributed by atoms with Crippen molar-refractivity contribution in [3.05, 3.63) is 36.2 Å². The topological polar surface area (TPSA) is 71.7 Å². The highest BCUT2D eigenvalue weighted by molar-refractivity contribution is 7.20. The molecule has 0 bridgehead atoms. The highest BCUT2D eigenvalue weighted by atomic mass is 32.1. The third kappa shape index (κ3) is 2.73. The number of ether oxygens (including phenoxy) is 1. The standard InChI is InChI=1S/C13H14N4O2S/c1-9-8-17-13(14-9)20-12(16-17)15-10-2-4-11(5-3-10)19-7-6-18/h2-5,8,18H,6-7H2,1H3,(H,15,16). The van der Waals surface area contributed by atoms with Crippen LogP contribution in [0.3, 0.4) is 0 Å². The Balaban J connectivity index is 1.71. The number of benzene rings is 1. The fourth-order valence-electron chi connectivity index (χ4n) is 1.78. The molecule has 0 aliphatic rings. The second-order valence-corrected chi connectivity index (χ2v) is 5.19. The molecule has 0 saturated carbocycles. The minimum atomic E-state index is 0.0122. The van der Waals surface area contributed by atoms with Gasteiger partial charge in [-0.05, 0) is 31.2 Å². The van der Waals surface area contributed by atoms with E-state index in [1.165, 1.54) is 11.3 Å². The van der Waals surface area contributed by atoms with Crippen molar-refractivity contribution in [2.24, 2.45) is 0 Å². The van der Waals surface area contributed by atoms with Gasteiger partial charge in [0, 0.05) is 5.69 Å².